The predicted molar refractivity (Wildman–Crippen MR) is 73.8 cm³/mol. The maximum Gasteiger partial charge on any atom is 0.172 e. The lowest BCUT2D eigenvalue weighted by Crippen LogP contribution is -2.03. The fourth-order valence-corrected chi connectivity index (χ4v) is 2.20. The number of nitrogens with zero attached hydrogens (tertiary/aromatic N) is 3. The molecule has 1 aromatic carbocycles. The van der Waals surface area contributed by atoms with Crippen LogP contribution in [0.1, 0.15) is 23.0 Å². The van der Waals surface area contributed by atoms with Gasteiger partial charge in [0.25, 0.3) is 0 Å². The zero-order chi connectivity index (χ0) is 13.9. The number of carbonyl (C=O) groups excluding carboxylic acids is 1. The van der Waals surface area contributed by atoms with E-state index >= 15 is 0 Å². The van der Waals surface area contributed by atoms with Crippen molar-refractivity contribution in [3.05, 3.63) is 53.9 Å². The molecule has 0 spiro atoms. The van der Waals surface area contributed by atoms with Crippen molar-refractivity contribution in [3.63, 3.8) is 0 Å². The maximum atomic E-state index is 11.2. The molecule has 5 heteroatoms. The highest BCUT2D eigenvalue weighted by Crippen LogP contribution is 2.26. The second-order valence-corrected chi connectivity index (χ2v) is 4.31. The van der Waals surface area contributed by atoms with Crippen LogP contribution in [-0.4, -0.2) is 21.3 Å². The minimum Gasteiger partial charge on any atom is -0.463 e. The van der Waals surface area contributed by atoms with Gasteiger partial charge in [0.05, 0.1) is 12.0 Å². The van der Waals surface area contributed by atoms with Crippen LogP contribution in [0.5, 0.6) is 0 Å². The Labute approximate surface area is 115 Å². The Kier molecular flexibility index (Phi) is 3.16. The van der Waals surface area contributed by atoms with E-state index in [0.717, 1.165) is 17.7 Å². The number of aldehydes is 1. The Hall–Kier alpha value is -2.69. The van der Waals surface area contributed by atoms with Gasteiger partial charge in [-0.15, -0.1) is 5.10 Å². The van der Waals surface area contributed by atoms with Crippen LogP contribution >= 0.6 is 0 Å². The third-order valence-electron chi connectivity index (χ3n) is 3.16. The molecule has 20 heavy (non-hydrogen) atoms. The SMILES string of the molecule is CCc1ccccc1-n1nnc(C=O)c1-c1ccco1. The van der Waals surface area contributed by atoms with Crippen molar-refractivity contribution < 1.29 is 9.21 Å². The number of hydrogen-bond donors (Lipinski definition) is 0. The van der Waals surface area contributed by atoms with Crippen LogP contribution in [0, 0.1) is 0 Å². The largest absolute Gasteiger partial charge is 0.463 e. The summed E-state index contributed by atoms with van der Waals surface area (Å²) in [6, 6.07) is 11.5. The van der Waals surface area contributed by atoms with Crippen LogP contribution in [0.4, 0.5) is 0 Å². The van der Waals surface area contributed by atoms with E-state index in [1.54, 1.807) is 23.1 Å². The van der Waals surface area contributed by atoms with Gasteiger partial charge >= 0.3 is 0 Å². The minimum atomic E-state index is 0.269. The molecule has 0 unspecified atom stereocenters. The third-order valence-corrected chi connectivity index (χ3v) is 3.16. The first-order valence-electron chi connectivity index (χ1n) is 6.38. The molecule has 5 nitrogen and oxygen atoms in total. The van der Waals surface area contributed by atoms with E-state index in [1.165, 1.54) is 0 Å². The zero-order valence-corrected chi connectivity index (χ0v) is 11.0. The summed E-state index contributed by atoms with van der Waals surface area (Å²) in [6.07, 6.45) is 3.12. The van der Waals surface area contributed by atoms with Crippen LogP contribution in [0.15, 0.2) is 47.1 Å². The van der Waals surface area contributed by atoms with Crippen molar-refractivity contribution in [3.8, 4) is 17.1 Å². The van der Waals surface area contributed by atoms with E-state index in [0.29, 0.717) is 17.7 Å². The van der Waals surface area contributed by atoms with Crippen LogP contribution in [0.2, 0.25) is 0 Å². The van der Waals surface area contributed by atoms with Gasteiger partial charge in [-0.1, -0.05) is 30.3 Å². The lowest BCUT2D eigenvalue weighted by molar-refractivity contribution is 0.111. The Morgan fingerprint density at radius 3 is 2.80 bits per heavy atom. The summed E-state index contributed by atoms with van der Waals surface area (Å²) in [5.41, 5.74) is 2.88. The molecule has 0 aliphatic carbocycles. The highest BCUT2D eigenvalue weighted by atomic mass is 16.3. The zero-order valence-electron chi connectivity index (χ0n) is 11.0. The van der Waals surface area contributed by atoms with Gasteiger partial charge in [0, 0.05) is 0 Å². The first-order chi connectivity index (χ1) is 9.85. The van der Waals surface area contributed by atoms with Gasteiger partial charge in [-0.25, -0.2) is 4.68 Å². The van der Waals surface area contributed by atoms with Gasteiger partial charge in [0.2, 0.25) is 0 Å². The quantitative estimate of drug-likeness (QED) is 0.682. The van der Waals surface area contributed by atoms with Crippen LogP contribution < -0.4 is 0 Å². The molecule has 0 aliphatic rings. The second-order valence-electron chi connectivity index (χ2n) is 4.31. The molecule has 0 fully saturated rings. The van der Waals surface area contributed by atoms with Crippen molar-refractivity contribution in [1.29, 1.82) is 0 Å². The van der Waals surface area contributed by atoms with Gasteiger partial charge in [0.15, 0.2) is 17.7 Å². The van der Waals surface area contributed by atoms with Crippen LogP contribution in [-0.2, 0) is 6.42 Å². The summed E-state index contributed by atoms with van der Waals surface area (Å²) in [5, 5.41) is 8.02. The molecule has 0 N–H and O–H groups in total. The van der Waals surface area contributed by atoms with E-state index in [9.17, 15) is 4.79 Å². The van der Waals surface area contributed by atoms with Gasteiger partial charge < -0.3 is 4.42 Å². The van der Waals surface area contributed by atoms with Crippen LogP contribution in [0.25, 0.3) is 17.1 Å². The average Bonchev–Trinajstić information content (AvgIpc) is 3.15. The maximum absolute atomic E-state index is 11.2. The van der Waals surface area contributed by atoms with Gasteiger partial charge in [0.1, 0.15) is 5.69 Å². The Morgan fingerprint density at radius 1 is 1.25 bits per heavy atom. The van der Waals surface area contributed by atoms with Gasteiger partial charge in [-0.3, -0.25) is 4.79 Å². The fraction of sp³-hybridized carbons (Fsp3) is 0.133. The smallest absolute Gasteiger partial charge is 0.172 e. The number of carbonyl (C=O) groups is 1. The van der Waals surface area contributed by atoms with E-state index in [2.05, 4.69) is 17.2 Å². The number of benzene rings is 1. The van der Waals surface area contributed by atoms with Crippen molar-refractivity contribution in [2.45, 2.75) is 13.3 Å². The molecule has 2 aromatic heterocycles. The first-order valence-corrected chi connectivity index (χ1v) is 6.38. The Bertz CT molecular complexity index is 729. The van der Waals surface area contributed by atoms with E-state index in [-0.39, 0.29) is 5.69 Å². The lowest BCUT2D eigenvalue weighted by atomic mass is 10.1. The molecule has 3 rings (SSSR count). The lowest BCUT2D eigenvalue weighted by Gasteiger charge is -2.09. The standard InChI is InChI=1S/C15H13N3O2/c1-2-11-6-3-4-7-13(11)18-15(12(10-19)16-17-18)14-8-5-9-20-14/h3-10H,2H2,1H3. The Balaban J connectivity index is 2.25. The molecule has 100 valence electrons. The second kappa shape index (κ2) is 5.13. The topological polar surface area (TPSA) is 60.9 Å². The highest BCUT2D eigenvalue weighted by molar-refractivity contribution is 5.82. The number of aryl methyl sites for hydroxylation is 1. The van der Waals surface area contributed by atoms with Crippen molar-refractivity contribution >= 4 is 6.29 Å². The van der Waals surface area contributed by atoms with Crippen LogP contribution in [0.3, 0.4) is 0 Å². The summed E-state index contributed by atoms with van der Waals surface area (Å²) < 4.78 is 7.05. The molecular formula is C15H13N3O2. The van der Waals surface area contributed by atoms with E-state index in [1.807, 2.05) is 24.3 Å². The van der Waals surface area contributed by atoms with Crippen molar-refractivity contribution in [2.24, 2.45) is 0 Å². The predicted octanol–water partition coefficient (Wildman–Crippen LogP) is 2.90. The molecule has 0 amide bonds. The monoisotopic (exact) mass is 267 g/mol. The normalized spacial score (nSPS) is 10.7. The first kappa shape index (κ1) is 12.3. The molecule has 0 atom stereocenters. The average molecular weight is 267 g/mol. The van der Waals surface area contributed by atoms with Crippen molar-refractivity contribution in [2.75, 3.05) is 0 Å². The number of rotatable bonds is 4. The number of aromatic nitrogens is 3. The number of para-hydroxylation sites is 1. The molecule has 0 saturated carbocycles. The molecule has 0 aliphatic heterocycles. The van der Waals surface area contributed by atoms with E-state index in [4.69, 9.17) is 4.42 Å². The summed E-state index contributed by atoms with van der Waals surface area (Å²) in [7, 11) is 0. The Morgan fingerprint density at radius 2 is 2.10 bits per heavy atom. The van der Waals surface area contributed by atoms with Gasteiger partial charge in [-0.2, -0.15) is 0 Å². The van der Waals surface area contributed by atoms with Gasteiger partial charge in [-0.05, 0) is 30.2 Å². The molecule has 0 radical (unpaired) electrons. The molecular weight excluding hydrogens is 254 g/mol. The highest BCUT2D eigenvalue weighted by Gasteiger charge is 2.19. The number of furan rings is 1. The molecule has 0 saturated heterocycles. The minimum absolute atomic E-state index is 0.269. The number of hydrogen-bond acceptors (Lipinski definition) is 4. The summed E-state index contributed by atoms with van der Waals surface area (Å²) >= 11 is 0. The summed E-state index contributed by atoms with van der Waals surface area (Å²) in [4.78, 5) is 11.2. The summed E-state index contributed by atoms with van der Waals surface area (Å²) in [5.74, 6) is 0.572. The molecule has 3 aromatic rings. The fourth-order valence-electron chi connectivity index (χ4n) is 2.20. The molecule has 2 heterocycles. The van der Waals surface area contributed by atoms with Crippen molar-refractivity contribution in [1.82, 2.24) is 15.0 Å². The van der Waals surface area contributed by atoms with E-state index < -0.39 is 0 Å². The third kappa shape index (κ3) is 1.93. The molecule has 0 bridgehead atoms. The summed E-state index contributed by atoms with van der Waals surface area (Å²) in [6.45, 7) is 2.07.